The van der Waals surface area contributed by atoms with Crippen LogP contribution in [0.3, 0.4) is 0 Å². The highest BCUT2D eigenvalue weighted by molar-refractivity contribution is 7.80. The number of hydrogen-bond donors (Lipinski definition) is 1. The molecule has 160 valence electrons. The van der Waals surface area contributed by atoms with Crippen LogP contribution in [-0.4, -0.2) is 34.6 Å². The van der Waals surface area contributed by atoms with Gasteiger partial charge in [-0.05, 0) is 54.5 Å². The predicted octanol–water partition coefficient (Wildman–Crippen LogP) is 4.76. The van der Waals surface area contributed by atoms with Crippen molar-refractivity contribution in [1.29, 1.82) is 0 Å². The summed E-state index contributed by atoms with van der Waals surface area (Å²) in [6.07, 6.45) is 1.79. The zero-order chi connectivity index (χ0) is 22.0. The third-order valence-electron chi connectivity index (χ3n) is 5.27. The van der Waals surface area contributed by atoms with Gasteiger partial charge in [0.2, 0.25) is 0 Å². The highest BCUT2D eigenvalue weighted by atomic mass is 32.1. The van der Waals surface area contributed by atoms with Crippen LogP contribution in [0.25, 0.3) is 11.3 Å². The molecule has 2 aromatic heterocycles. The first-order chi connectivity index (χ1) is 15.0. The molecule has 1 aliphatic rings. The van der Waals surface area contributed by atoms with Crippen molar-refractivity contribution in [3.63, 3.8) is 0 Å². The largest absolute Gasteiger partial charge is 0.465 e. The monoisotopic (exact) mass is 435 g/mol. The molecule has 7 heteroatoms. The maximum absolute atomic E-state index is 11.7. The van der Waals surface area contributed by atoms with Crippen LogP contribution >= 0.6 is 12.2 Å². The van der Waals surface area contributed by atoms with E-state index in [1.807, 2.05) is 42.5 Å². The van der Waals surface area contributed by atoms with Crippen LogP contribution in [-0.2, 0) is 4.74 Å². The normalized spacial score (nSPS) is 18.3. The summed E-state index contributed by atoms with van der Waals surface area (Å²) < 4.78 is 11.1. The number of hydrogen-bond acceptors (Lipinski definition) is 5. The molecule has 0 aliphatic carbocycles. The van der Waals surface area contributed by atoms with Gasteiger partial charge in [0.1, 0.15) is 17.6 Å². The van der Waals surface area contributed by atoms with Gasteiger partial charge in [0.05, 0.1) is 24.4 Å². The lowest BCUT2D eigenvalue weighted by molar-refractivity contribution is 0.0600. The van der Waals surface area contributed by atoms with E-state index >= 15 is 0 Å². The number of ether oxygens (including phenoxy) is 1. The average Bonchev–Trinajstić information content (AvgIpc) is 3.39. The number of rotatable bonds is 6. The number of methoxy groups -OCH3 is 1. The van der Waals surface area contributed by atoms with Gasteiger partial charge in [-0.3, -0.25) is 4.98 Å². The third-order valence-corrected chi connectivity index (χ3v) is 5.62. The fourth-order valence-electron chi connectivity index (χ4n) is 3.86. The predicted molar refractivity (Wildman–Crippen MR) is 122 cm³/mol. The standard InChI is InChI=1S/C24H25N3O3S/c1-15(2)14-27-22(21(26-24(27)31)18-6-4-5-13-25-18)20-12-11-19(30-20)16-7-9-17(10-8-16)23(28)29-3/h4-13,15,21-22H,14H2,1-3H3,(H,26,31). The lowest BCUT2D eigenvalue weighted by atomic mass is 10.0. The van der Waals surface area contributed by atoms with Crippen molar-refractivity contribution in [2.75, 3.05) is 13.7 Å². The Bertz CT molecular complexity index is 1060. The SMILES string of the molecule is COC(=O)c1ccc(-c2ccc(C3C(c4ccccn4)NC(=S)N3CC(C)C)o2)cc1. The second kappa shape index (κ2) is 8.89. The van der Waals surface area contributed by atoms with Crippen molar-refractivity contribution < 1.29 is 13.9 Å². The lowest BCUT2D eigenvalue weighted by Gasteiger charge is -2.27. The number of carbonyl (C=O) groups excluding carboxylic acids is 1. The Morgan fingerprint density at radius 1 is 1.19 bits per heavy atom. The van der Waals surface area contributed by atoms with Crippen molar-refractivity contribution in [3.8, 4) is 11.3 Å². The van der Waals surface area contributed by atoms with Crippen LogP contribution in [0.5, 0.6) is 0 Å². The molecule has 4 rings (SSSR count). The fraction of sp³-hybridized carbons (Fsp3) is 0.292. The summed E-state index contributed by atoms with van der Waals surface area (Å²) in [5.74, 6) is 1.62. The Morgan fingerprint density at radius 3 is 2.61 bits per heavy atom. The first-order valence-corrected chi connectivity index (χ1v) is 10.6. The van der Waals surface area contributed by atoms with E-state index in [1.165, 1.54) is 7.11 Å². The maximum atomic E-state index is 11.7. The van der Waals surface area contributed by atoms with Gasteiger partial charge in [-0.15, -0.1) is 0 Å². The molecule has 3 heterocycles. The number of furan rings is 1. The molecule has 6 nitrogen and oxygen atoms in total. The number of nitrogens with one attached hydrogen (secondary N) is 1. The van der Waals surface area contributed by atoms with E-state index in [4.69, 9.17) is 21.4 Å². The number of benzene rings is 1. The maximum Gasteiger partial charge on any atom is 0.337 e. The number of aromatic nitrogens is 1. The van der Waals surface area contributed by atoms with Crippen LogP contribution in [0.1, 0.15) is 47.7 Å². The Hall–Kier alpha value is -3.19. The van der Waals surface area contributed by atoms with E-state index < -0.39 is 0 Å². The molecule has 1 aliphatic heterocycles. The van der Waals surface area contributed by atoms with Gasteiger partial charge in [-0.25, -0.2) is 4.79 Å². The molecule has 0 spiro atoms. The summed E-state index contributed by atoms with van der Waals surface area (Å²) >= 11 is 5.67. The van der Waals surface area contributed by atoms with Crippen LogP contribution < -0.4 is 5.32 Å². The van der Waals surface area contributed by atoms with E-state index in [2.05, 4.69) is 29.0 Å². The van der Waals surface area contributed by atoms with Crippen LogP contribution in [0.4, 0.5) is 0 Å². The first kappa shape index (κ1) is 21.1. The Balaban J connectivity index is 1.67. The van der Waals surface area contributed by atoms with Gasteiger partial charge in [-0.2, -0.15) is 0 Å². The molecule has 3 aromatic rings. The quantitative estimate of drug-likeness (QED) is 0.442. The van der Waals surface area contributed by atoms with Gasteiger partial charge in [0, 0.05) is 18.3 Å². The van der Waals surface area contributed by atoms with Crippen LogP contribution in [0.2, 0.25) is 0 Å². The minimum atomic E-state index is -0.361. The molecule has 1 saturated heterocycles. The second-order valence-electron chi connectivity index (χ2n) is 7.94. The van der Waals surface area contributed by atoms with Gasteiger partial charge in [0.25, 0.3) is 0 Å². The molecular formula is C24H25N3O3S. The van der Waals surface area contributed by atoms with Gasteiger partial charge < -0.3 is 19.4 Å². The van der Waals surface area contributed by atoms with E-state index in [0.29, 0.717) is 16.6 Å². The Kier molecular flexibility index (Phi) is 6.04. The van der Waals surface area contributed by atoms with Crippen molar-refractivity contribution in [2.24, 2.45) is 5.92 Å². The summed E-state index contributed by atoms with van der Waals surface area (Å²) in [6.45, 7) is 5.15. The Labute approximate surface area is 187 Å². The molecule has 0 bridgehead atoms. The van der Waals surface area contributed by atoms with Crippen molar-refractivity contribution in [1.82, 2.24) is 15.2 Å². The van der Waals surface area contributed by atoms with Crippen molar-refractivity contribution in [2.45, 2.75) is 25.9 Å². The smallest absolute Gasteiger partial charge is 0.337 e. The molecule has 1 N–H and O–H groups in total. The van der Waals surface area contributed by atoms with E-state index in [-0.39, 0.29) is 18.1 Å². The number of pyridine rings is 1. The molecule has 2 atom stereocenters. The van der Waals surface area contributed by atoms with Gasteiger partial charge >= 0.3 is 5.97 Å². The van der Waals surface area contributed by atoms with E-state index in [1.54, 1.807) is 18.3 Å². The molecule has 2 unspecified atom stereocenters. The van der Waals surface area contributed by atoms with E-state index in [9.17, 15) is 4.79 Å². The average molecular weight is 436 g/mol. The highest BCUT2D eigenvalue weighted by Crippen LogP contribution is 2.40. The number of thiocarbonyl (C=S) groups is 1. The topological polar surface area (TPSA) is 67.6 Å². The van der Waals surface area contributed by atoms with Crippen LogP contribution in [0, 0.1) is 5.92 Å². The van der Waals surface area contributed by atoms with Crippen LogP contribution in [0.15, 0.2) is 65.2 Å². The van der Waals surface area contributed by atoms with Gasteiger partial charge in [-0.1, -0.05) is 32.0 Å². The zero-order valence-electron chi connectivity index (χ0n) is 17.7. The zero-order valence-corrected chi connectivity index (χ0v) is 18.6. The summed E-state index contributed by atoms with van der Waals surface area (Å²) in [4.78, 5) is 18.4. The second-order valence-corrected chi connectivity index (χ2v) is 8.33. The first-order valence-electron chi connectivity index (χ1n) is 10.2. The summed E-state index contributed by atoms with van der Waals surface area (Å²) in [6, 6.07) is 16.8. The minimum absolute atomic E-state index is 0.104. The molecule has 1 fully saturated rings. The molecule has 0 saturated carbocycles. The summed E-state index contributed by atoms with van der Waals surface area (Å²) in [5, 5.41) is 4.14. The number of carbonyl (C=O) groups is 1. The van der Waals surface area contributed by atoms with Gasteiger partial charge in [0.15, 0.2) is 5.11 Å². The molecule has 0 radical (unpaired) electrons. The molecular weight excluding hydrogens is 410 g/mol. The minimum Gasteiger partial charge on any atom is -0.465 e. The third kappa shape index (κ3) is 4.32. The Morgan fingerprint density at radius 2 is 1.97 bits per heavy atom. The van der Waals surface area contributed by atoms with Crippen molar-refractivity contribution >= 4 is 23.3 Å². The number of esters is 1. The summed E-state index contributed by atoms with van der Waals surface area (Å²) in [5.41, 5.74) is 2.31. The molecule has 1 aromatic carbocycles. The fourth-order valence-corrected chi connectivity index (χ4v) is 4.17. The number of nitrogens with zero attached hydrogens (tertiary/aromatic N) is 2. The molecule has 31 heavy (non-hydrogen) atoms. The van der Waals surface area contributed by atoms with Crippen molar-refractivity contribution in [3.05, 3.63) is 77.8 Å². The lowest BCUT2D eigenvalue weighted by Crippen LogP contribution is -2.32. The summed E-state index contributed by atoms with van der Waals surface area (Å²) in [7, 11) is 1.37. The molecule has 0 amide bonds. The highest BCUT2D eigenvalue weighted by Gasteiger charge is 2.41. The van der Waals surface area contributed by atoms with E-state index in [0.717, 1.165) is 29.3 Å².